The van der Waals surface area contributed by atoms with Crippen LogP contribution >= 0.6 is 0 Å². The SMILES string of the molecule is C[C@@H]1CN(C(=O)CN2CCC[C@H]2C(=O)O)C[C@@H](C)O1. The van der Waals surface area contributed by atoms with Gasteiger partial charge in [-0.15, -0.1) is 0 Å². The van der Waals surface area contributed by atoms with Gasteiger partial charge in [0.15, 0.2) is 0 Å². The van der Waals surface area contributed by atoms with E-state index in [0.717, 1.165) is 6.42 Å². The third-order valence-electron chi connectivity index (χ3n) is 3.76. The molecule has 6 nitrogen and oxygen atoms in total. The molecule has 0 aromatic heterocycles. The zero-order valence-electron chi connectivity index (χ0n) is 11.5. The molecule has 0 aromatic rings. The van der Waals surface area contributed by atoms with Gasteiger partial charge in [-0.3, -0.25) is 14.5 Å². The van der Waals surface area contributed by atoms with Crippen molar-refractivity contribution in [3.05, 3.63) is 0 Å². The number of rotatable bonds is 3. The highest BCUT2D eigenvalue weighted by atomic mass is 16.5. The summed E-state index contributed by atoms with van der Waals surface area (Å²) in [5, 5.41) is 9.10. The van der Waals surface area contributed by atoms with E-state index in [0.29, 0.717) is 26.1 Å². The predicted octanol–water partition coefficient (Wildman–Crippen LogP) is 0.171. The van der Waals surface area contributed by atoms with Crippen molar-refractivity contribution in [3.8, 4) is 0 Å². The predicted molar refractivity (Wildman–Crippen MR) is 68.8 cm³/mol. The van der Waals surface area contributed by atoms with E-state index in [4.69, 9.17) is 9.84 Å². The van der Waals surface area contributed by atoms with Crippen LogP contribution in [-0.4, -0.2) is 71.2 Å². The fourth-order valence-corrected chi connectivity index (χ4v) is 2.95. The van der Waals surface area contributed by atoms with Crippen LogP contribution in [0.25, 0.3) is 0 Å². The first kappa shape index (κ1) is 14.3. The molecule has 1 amide bonds. The summed E-state index contributed by atoms with van der Waals surface area (Å²) < 4.78 is 5.59. The molecule has 6 heteroatoms. The minimum absolute atomic E-state index is 0.00940. The first-order valence-corrected chi connectivity index (χ1v) is 6.87. The Morgan fingerprint density at radius 3 is 2.47 bits per heavy atom. The summed E-state index contributed by atoms with van der Waals surface area (Å²) in [4.78, 5) is 26.9. The van der Waals surface area contributed by atoms with E-state index in [-0.39, 0.29) is 24.7 Å². The van der Waals surface area contributed by atoms with Crippen LogP contribution in [0.15, 0.2) is 0 Å². The number of carbonyl (C=O) groups excluding carboxylic acids is 1. The maximum atomic E-state index is 12.2. The molecule has 2 fully saturated rings. The largest absolute Gasteiger partial charge is 0.480 e. The number of likely N-dealkylation sites (tertiary alicyclic amines) is 1. The Balaban J connectivity index is 1.91. The van der Waals surface area contributed by atoms with Gasteiger partial charge < -0.3 is 14.7 Å². The number of nitrogens with zero attached hydrogens (tertiary/aromatic N) is 2. The van der Waals surface area contributed by atoms with Crippen molar-refractivity contribution < 1.29 is 19.4 Å². The van der Waals surface area contributed by atoms with Crippen molar-refractivity contribution in [1.82, 2.24) is 9.80 Å². The Labute approximate surface area is 113 Å². The molecule has 108 valence electrons. The number of carboxylic acids is 1. The highest BCUT2D eigenvalue weighted by molar-refractivity contribution is 5.80. The number of hydrogen-bond donors (Lipinski definition) is 1. The molecule has 0 radical (unpaired) electrons. The zero-order chi connectivity index (χ0) is 14.0. The average molecular weight is 270 g/mol. The molecule has 2 aliphatic rings. The summed E-state index contributed by atoms with van der Waals surface area (Å²) >= 11 is 0. The lowest BCUT2D eigenvalue weighted by Crippen LogP contribution is -2.52. The summed E-state index contributed by atoms with van der Waals surface area (Å²) in [6, 6.07) is -0.500. The van der Waals surface area contributed by atoms with Crippen molar-refractivity contribution in [1.29, 1.82) is 0 Å². The van der Waals surface area contributed by atoms with Gasteiger partial charge in [-0.05, 0) is 33.2 Å². The standard InChI is InChI=1S/C13H22N2O4/c1-9-6-15(7-10(2)19-9)12(16)8-14-5-3-4-11(14)13(17)18/h9-11H,3-8H2,1-2H3,(H,17,18)/t9-,10-,11+/m1/s1. The van der Waals surface area contributed by atoms with Crippen LogP contribution in [0.5, 0.6) is 0 Å². The van der Waals surface area contributed by atoms with E-state index >= 15 is 0 Å². The van der Waals surface area contributed by atoms with Gasteiger partial charge >= 0.3 is 5.97 Å². The van der Waals surface area contributed by atoms with Gasteiger partial charge in [0.05, 0.1) is 18.8 Å². The normalized spacial score (nSPS) is 32.5. The van der Waals surface area contributed by atoms with Crippen molar-refractivity contribution >= 4 is 11.9 Å². The molecular weight excluding hydrogens is 248 g/mol. The minimum Gasteiger partial charge on any atom is -0.480 e. The first-order valence-electron chi connectivity index (χ1n) is 6.87. The molecule has 2 saturated heterocycles. The summed E-state index contributed by atoms with van der Waals surface area (Å²) in [5.74, 6) is -0.816. The van der Waals surface area contributed by atoms with Gasteiger partial charge in [0.1, 0.15) is 6.04 Å². The van der Waals surface area contributed by atoms with Crippen LogP contribution in [0.4, 0.5) is 0 Å². The number of amides is 1. The Hall–Kier alpha value is -1.14. The Bertz CT molecular complexity index is 351. The smallest absolute Gasteiger partial charge is 0.320 e. The van der Waals surface area contributed by atoms with Crippen LogP contribution in [0.3, 0.4) is 0 Å². The second kappa shape index (κ2) is 5.88. The molecule has 19 heavy (non-hydrogen) atoms. The van der Waals surface area contributed by atoms with Crippen LogP contribution in [0.2, 0.25) is 0 Å². The minimum atomic E-state index is -0.825. The van der Waals surface area contributed by atoms with Gasteiger partial charge in [-0.2, -0.15) is 0 Å². The lowest BCUT2D eigenvalue weighted by atomic mass is 10.2. The summed E-state index contributed by atoms with van der Waals surface area (Å²) in [6.07, 6.45) is 1.57. The third-order valence-corrected chi connectivity index (χ3v) is 3.76. The quantitative estimate of drug-likeness (QED) is 0.791. The molecule has 0 bridgehead atoms. The van der Waals surface area contributed by atoms with Gasteiger partial charge in [-0.25, -0.2) is 0 Å². The Morgan fingerprint density at radius 1 is 1.26 bits per heavy atom. The molecule has 2 heterocycles. The topological polar surface area (TPSA) is 70.1 Å². The maximum absolute atomic E-state index is 12.2. The molecule has 0 aromatic carbocycles. The van der Waals surface area contributed by atoms with Gasteiger partial charge in [0.2, 0.25) is 5.91 Å². The third kappa shape index (κ3) is 3.45. The van der Waals surface area contributed by atoms with E-state index in [1.54, 1.807) is 9.80 Å². The molecule has 0 spiro atoms. The van der Waals surface area contributed by atoms with Crippen LogP contribution < -0.4 is 0 Å². The summed E-state index contributed by atoms with van der Waals surface area (Å²) in [6.45, 7) is 5.98. The average Bonchev–Trinajstić information content (AvgIpc) is 2.75. The second-order valence-electron chi connectivity index (χ2n) is 5.52. The molecule has 2 aliphatic heterocycles. The lowest BCUT2D eigenvalue weighted by molar-refractivity contribution is -0.147. The number of hydrogen-bond acceptors (Lipinski definition) is 4. The van der Waals surface area contributed by atoms with Gasteiger partial charge in [-0.1, -0.05) is 0 Å². The highest BCUT2D eigenvalue weighted by Crippen LogP contribution is 2.18. The van der Waals surface area contributed by atoms with Crippen LogP contribution in [0.1, 0.15) is 26.7 Å². The van der Waals surface area contributed by atoms with Gasteiger partial charge in [0.25, 0.3) is 0 Å². The zero-order valence-corrected chi connectivity index (χ0v) is 11.5. The number of carbonyl (C=O) groups is 2. The molecule has 0 saturated carbocycles. The number of aliphatic carboxylic acids is 1. The number of morpholine rings is 1. The van der Waals surface area contributed by atoms with Crippen molar-refractivity contribution in [2.24, 2.45) is 0 Å². The fraction of sp³-hybridized carbons (Fsp3) is 0.846. The second-order valence-corrected chi connectivity index (χ2v) is 5.52. The van der Waals surface area contributed by atoms with E-state index in [1.165, 1.54) is 0 Å². The van der Waals surface area contributed by atoms with E-state index < -0.39 is 12.0 Å². The molecule has 0 aliphatic carbocycles. The van der Waals surface area contributed by atoms with Gasteiger partial charge in [0, 0.05) is 13.1 Å². The van der Waals surface area contributed by atoms with Crippen molar-refractivity contribution in [3.63, 3.8) is 0 Å². The van der Waals surface area contributed by atoms with Crippen LogP contribution in [-0.2, 0) is 14.3 Å². The Morgan fingerprint density at radius 2 is 1.89 bits per heavy atom. The number of carboxylic acid groups (broad SMARTS) is 1. The summed E-state index contributed by atoms with van der Waals surface area (Å²) in [7, 11) is 0. The molecular formula is C13H22N2O4. The monoisotopic (exact) mass is 270 g/mol. The Kier molecular flexibility index (Phi) is 4.42. The van der Waals surface area contributed by atoms with Crippen molar-refractivity contribution in [2.75, 3.05) is 26.2 Å². The summed E-state index contributed by atoms with van der Waals surface area (Å²) in [5.41, 5.74) is 0. The lowest BCUT2D eigenvalue weighted by Gasteiger charge is -2.36. The number of ether oxygens (including phenoxy) is 1. The maximum Gasteiger partial charge on any atom is 0.320 e. The van der Waals surface area contributed by atoms with Crippen molar-refractivity contribution in [2.45, 2.75) is 44.9 Å². The van der Waals surface area contributed by atoms with E-state index in [9.17, 15) is 9.59 Å². The molecule has 3 atom stereocenters. The van der Waals surface area contributed by atoms with Crippen LogP contribution in [0, 0.1) is 0 Å². The first-order chi connectivity index (χ1) is 8.97. The fourth-order valence-electron chi connectivity index (χ4n) is 2.95. The molecule has 1 N–H and O–H groups in total. The molecule has 0 unspecified atom stereocenters. The highest BCUT2D eigenvalue weighted by Gasteiger charge is 2.34. The molecule has 2 rings (SSSR count). The van der Waals surface area contributed by atoms with E-state index in [1.807, 2.05) is 13.8 Å². The van der Waals surface area contributed by atoms with E-state index in [2.05, 4.69) is 0 Å².